The van der Waals surface area contributed by atoms with Crippen molar-refractivity contribution in [3.63, 3.8) is 0 Å². The van der Waals surface area contributed by atoms with E-state index in [4.69, 9.17) is 0 Å². The second-order valence-electron chi connectivity index (χ2n) is 4.62. The van der Waals surface area contributed by atoms with Crippen LogP contribution in [-0.4, -0.2) is 31.4 Å². The van der Waals surface area contributed by atoms with Gasteiger partial charge in [-0.25, -0.2) is 14.6 Å². The molecule has 7 nitrogen and oxygen atoms in total. The number of hydrogen-bond donors (Lipinski definition) is 1. The monoisotopic (exact) mass is 307 g/mol. The van der Waals surface area contributed by atoms with Crippen molar-refractivity contribution in [1.82, 2.24) is 25.1 Å². The van der Waals surface area contributed by atoms with Gasteiger partial charge < -0.3 is 5.32 Å². The van der Waals surface area contributed by atoms with E-state index in [0.29, 0.717) is 15.7 Å². The van der Waals surface area contributed by atoms with E-state index in [-0.39, 0.29) is 17.7 Å². The zero-order chi connectivity index (χ0) is 15.4. The van der Waals surface area contributed by atoms with Crippen molar-refractivity contribution >= 4 is 23.0 Å². The van der Waals surface area contributed by atoms with Crippen LogP contribution in [0.15, 0.2) is 12.5 Å². The lowest BCUT2D eigenvalue weighted by Gasteiger charge is -2.13. The maximum atomic E-state index is 12.1. The highest BCUT2D eigenvalue weighted by molar-refractivity contribution is 7.15. The molecule has 0 spiro atoms. The highest BCUT2D eigenvalue weighted by Crippen LogP contribution is 2.16. The number of rotatable bonds is 6. The lowest BCUT2D eigenvalue weighted by Crippen LogP contribution is -2.28. The van der Waals surface area contributed by atoms with Gasteiger partial charge >= 0.3 is 0 Å². The second-order valence-corrected chi connectivity index (χ2v) is 5.65. The van der Waals surface area contributed by atoms with Crippen LogP contribution in [0.25, 0.3) is 0 Å². The first-order chi connectivity index (χ1) is 10.0. The minimum absolute atomic E-state index is 0.144. The van der Waals surface area contributed by atoms with Crippen molar-refractivity contribution < 1.29 is 9.59 Å². The van der Waals surface area contributed by atoms with Gasteiger partial charge in [0.25, 0.3) is 5.91 Å². The normalized spacial score (nSPS) is 12.1. The molecular formula is C13H17N5O2S. The molecule has 0 aliphatic rings. The van der Waals surface area contributed by atoms with Crippen LogP contribution in [0.1, 0.15) is 58.5 Å². The Morgan fingerprint density at radius 1 is 1.43 bits per heavy atom. The second kappa shape index (κ2) is 6.57. The number of carbonyl (C=O) groups is 2. The van der Waals surface area contributed by atoms with E-state index in [0.717, 1.165) is 24.3 Å². The quantitative estimate of drug-likeness (QED) is 0.822. The van der Waals surface area contributed by atoms with Crippen LogP contribution in [-0.2, 0) is 6.54 Å². The molecule has 1 atom stereocenters. The fraction of sp³-hybridized carbons (Fsp3) is 0.462. The molecule has 2 rings (SSSR count). The fourth-order valence-electron chi connectivity index (χ4n) is 1.87. The van der Waals surface area contributed by atoms with Crippen molar-refractivity contribution in [2.75, 3.05) is 0 Å². The van der Waals surface area contributed by atoms with E-state index in [1.165, 1.54) is 19.4 Å². The molecule has 0 radical (unpaired) electrons. The smallest absolute Gasteiger partial charge is 0.263 e. The third-order valence-electron chi connectivity index (χ3n) is 2.85. The third kappa shape index (κ3) is 3.52. The zero-order valence-electron chi connectivity index (χ0n) is 12.2. The highest BCUT2D eigenvalue weighted by Gasteiger charge is 2.18. The van der Waals surface area contributed by atoms with Gasteiger partial charge in [-0.15, -0.1) is 11.3 Å². The standard InChI is InChI=1S/C13H17N5O2S/c1-4-5-18-11(15-7-16-18)8(2)17-12(20)10-6-14-13(21-10)9(3)19/h6-8H,4-5H2,1-3H3,(H,17,20)/t8-/m1/s1. The van der Waals surface area contributed by atoms with Gasteiger partial charge in [-0.3, -0.25) is 9.59 Å². The molecule has 112 valence electrons. The number of carbonyl (C=O) groups excluding carboxylic acids is 2. The molecule has 0 fully saturated rings. The van der Waals surface area contributed by atoms with Gasteiger partial charge in [-0.05, 0) is 13.3 Å². The summed E-state index contributed by atoms with van der Waals surface area (Å²) in [4.78, 5) is 31.9. The summed E-state index contributed by atoms with van der Waals surface area (Å²) in [5, 5.41) is 7.32. The Morgan fingerprint density at radius 3 is 2.81 bits per heavy atom. The molecule has 2 aromatic rings. The van der Waals surface area contributed by atoms with Gasteiger partial charge in [-0.2, -0.15) is 5.10 Å². The van der Waals surface area contributed by atoms with E-state index < -0.39 is 0 Å². The number of nitrogens with one attached hydrogen (secondary N) is 1. The predicted molar refractivity (Wildman–Crippen MR) is 78.3 cm³/mol. The Bertz CT molecular complexity index is 649. The fourth-order valence-corrected chi connectivity index (χ4v) is 2.58. The minimum Gasteiger partial charge on any atom is -0.342 e. The van der Waals surface area contributed by atoms with E-state index in [9.17, 15) is 9.59 Å². The number of hydrogen-bond acceptors (Lipinski definition) is 6. The summed E-state index contributed by atoms with van der Waals surface area (Å²) in [6.07, 6.45) is 3.84. The number of aryl methyl sites for hydroxylation is 1. The zero-order valence-corrected chi connectivity index (χ0v) is 13.0. The molecule has 0 aliphatic carbocycles. The lowest BCUT2D eigenvalue weighted by molar-refractivity contribution is 0.0940. The molecule has 2 heterocycles. The number of ketones is 1. The average molecular weight is 307 g/mol. The number of thiazole rings is 1. The maximum absolute atomic E-state index is 12.1. The van der Waals surface area contributed by atoms with Crippen LogP contribution < -0.4 is 5.32 Å². The summed E-state index contributed by atoms with van der Waals surface area (Å²) in [5.74, 6) is 0.301. The first kappa shape index (κ1) is 15.3. The molecule has 0 saturated heterocycles. The molecule has 21 heavy (non-hydrogen) atoms. The Balaban J connectivity index is 2.07. The van der Waals surface area contributed by atoms with Crippen LogP contribution in [0.2, 0.25) is 0 Å². The molecule has 1 amide bonds. The third-order valence-corrected chi connectivity index (χ3v) is 3.94. The Hall–Kier alpha value is -2.09. The van der Waals surface area contributed by atoms with Gasteiger partial charge in [0, 0.05) is 13.5 Å². The van der Waals surface area contributed by atoms with Gasteiger partial charge in [-0.1, -0.05) is 6.92 Å². The van der Waals surface area contributed by atoms with Gasteiger partial charge in [0.2, 0.25) is 0 Å². The number of nitrogens with zero attached hydrogens (tertiary/aromatic N) is 4. The molecule has 0 aliphatic heterocycles. The molecule has 0 saturated carbocycles. The summed E-state index contributed by atoms with van der Waals surface area (Å²) in [6, 6.07) is -0.269. The minimum atomic E-state index is -0.269. The van der Waals surface area contributed by atoms with Crippen LogP contribution >= 0.6 is 11.3 Å². The predicted octanol–water partition coefficient (Wildman–Crippen LogP) is 1.84. The summed E-state index contributed by atoms with van der Waals surface area (Å²) >= 11 is 1.09. The Labute approximate surface area is 126 Å². The van der Waals surface area contributed by atoms with Gasteiger partial charge in [0.15, 0.2) is 10.8 Å². The maximum Gasteiger partial charge on any atom is 0.263 e. The van der Waals surface area contributed by atoms with Crippen molar-refractivity contribution in [3.8, 4) is 0 Å². The van der Waals surface area contributed by atoms with Gasteiger partial charge in [0.05, 0.1) is 12.2 Å². The number of amides is 1. The molecule has 0 bridgehead atoms. The Kier molecular flexibility index (Phi) is 4.79. The Morgan fingerprint density at radius 2 is 2.19 bits per heavy atom. The highest BCUT2D eigenvalue weighted by atomic mass is 32.1. The summed E-state index contributed by atoms with van der Waals surface area (Å²) in [6.45, 7) is 6.08. The lowest BCUT2D eigenvalue weighted by atomic mass is 10.3. The molecule has 0 aromatic carbocycles. The molecule has 2 aromatic heterocycles. The largest absolute Gasteiger partial charge is 0.342 e. The van der Waals surface area contributed by atoms with Crippen molar-refractivity contribution in [2.24, 2.45) is 0 Å². The summed E-state index contributed by atoms with van der Waals surface area (Å²) in [5.41, 5.74) is 0. The van der Waals surface area contributed by atoms with Crippen LogP contribution in [0.5, 0.6) is 0 Å². The summed E-state index contributed by atoms with van der Waals surface area (Å²) < 4.78 is 1.78. The number of aromatic nitrogens is 4. The van der Waals surface area contributed by atoms with E-state index in [2.05, 4.69) is 27.3 Å². The molecule has 8 heteroatoms. The molecule has 0 unspecified atom stereocenters. The van der Waals surface area contributed by atoms with Crippen LogP contribution in [0, 0.1) is 0 Å². The number of Topliss-reactive ketones (excluding diaryl/α,β-unsaturated/α-hetero) is 1. The van der Waals surface area contributed by atoms with E-state index >= 15 is 0 Å². The topological polar surface area (TPSA) is 89.8 Å². The van der Waals surface area contributed by atoms with E-state index in [1.54, 1.807) is 4.68 Å². The van der Waals surface area contributed by atoms with Crippen LogP contribution in [0.3, 0.4) is 0 Å². The van der Waals surface area contributed by atoms with Gasteiger partial charge in [0.1, 0.15) is 17.0 Å². The van der Waals surface area contributed by atoms with Crippen LogP contribution in [0.4, 0.5) is 0 Å². The first-order valence-electron chi connectivity index (χ1n) is 6.68. The van der Waals surface area contributed by atoms with Crippen molar-refractivity contribution in [1.29, 1.82) is 0 Å². The molecular weight excluding hydrogens is 290 g/mol. The SMILES string of the molecule is CCCn1ncnc1[C@@H](C)NC(=O)c1cnc(C(C)=O)s1. The molecule has 1 N–H and O–H groups in total. The summed E-state index contributed by atoms with van der Waals surface area (Å²) in [7, 11) is 0. The van der Waals surface area contributed by atoms with Crippen molar-refractivity contribution in [2.45, 2.75) is 39.8 Å². The van der Waals surface area contributed by atoms with Crippen molar-refractivity contribution in [3.05, 3.63) is 28.2 Å². The first-order valence-corrected chi connectivity index (χ1v) is 7.50. The van der Waals surface area contributed by atoms with E-state index in [1.807, 2.05) is 6.92 Å². The average Bonchev–Trinajstić information content (AvgIpc) is 3.07.